The van der Waals surface area contributed by atoms with Crippen LogP contribution >= 0.6 is 0 Å². The van der Waals surface area contributed by atoms with E-state index < -0.39 is 0 Å². The SMILES string of the molecule is COc1cc2nc(-c3ccccc3)nc(O)c2cc1C. The zero-order valence-corrected chi connectivity index (χ0v) is 11.3. The monoisotopic (exact) mass is 266 g/mol. The molecule has 0 saturated carbocycles. The number of benzene rings is 2. The molecule has 0 aliphatic rings. The third kappa shape index (κ3) is 2.05. The van der Waals surface area contributed by atoms with Crippen molar-refractivity contribution in [1.29, 1.82) is 0 Å². The van der Waals surface area contributed by atoms with Crippen LogP contribution in [0.3, 0.4) is 0 Å². The van der Waals surface area contributed by atoms with Gasteiger partial charge in [0.2, 0.25) is 5.88 Å². The van der Waals surface area contributed by atoms with E-state index in [1.54, 1.807) is 7.11 Å². The topological polar surface area (TPSA) is 55.2 Å². The van der Waals surface area contributed by atoms with Crippen molar-refractivity contribution < 1.29 is 9.84 Å². The zero-order chi connectivity index (χ0) is 14.1. The number of hydrogen-bond acceptors (Lipinski definition) is 4. The average molecular weight is 266 g/mol. The van der Waals surface area contributed by atoms with Crippen LogP contribution in [0.25, 0.3) is 22.3 Å². The number of hydrogen-bond donors (Lipinski definition) is 1. The minimum Gasteiger partial charge on any atom is -0.496 e. The molecule has 1 N–H and O–H groups in total. The Morgan fingerprint density at radius 3 is 2.50 bits per heavy atom. The molecule has 100 valence electrons. The van der Waals surface area contributed by atoms with Gasteiger partial charge in [0.15, 0.2) is 5.82 Å². The van der Waals surface area contributed by atoms with Crippen molar-refractivity contribution in [2.75, 3.05) is 7.11 Å². The van der Waals surface area contributed by atoms with E-state index in [-0.39, 0.29) is 5.88 Å². The molecular formula is C16H14N2O2. The Hall–Kier alpha value is -2.62. The Morgan fingerprint density at radius 2 is 1.80 bits per heavy atom. The van der Waals surface area contributed by atoms with E-state index >= 15 is 0 Å². The summed E-state index contributed by atoms with van der Waals surface area (Å²) in [5.41, 5.74) is 2.47. The lowest BCUT2D eigenvalue weighted by Crippen LogP contribution is -1.94. The Labute approximate surface area is 116 Å². The number of methoxy groups -OCH3 is 1. The van der Waals surface area contributed by atoms with Crippen molar-refractivity contribution in [2.45, 2.75) is 6.92 Å². The second kappa shape index (κ2) is 4.81. The van der Waals surface area contributed by atoms with Crippen LogP contribution in [0.1, 0.15) is 5.56 Å². The zero-order valence-electron chi connectivity index (χ0n) is 11.3. The standard InChI is InChI=1S/C16H14N2O2/c1-10-8-12-13(9-14(10)20-2)17-15(18-16(12)19)11-6-4-3-5-7-11/h3-9H,1-2H3,(H,17,18,19). The molecule has 0 amide bonds. The van der Waals surface area contributed by atoms with E-state index in [9.17, 15) is 5.11 Å². The molecule has 0 spiro atoms. The fourth-order valence-electron chi connectivity index (χ4n) is 2.18. The van der Waals surface area contributed by atoms with Crippen molar-refractivity contribution in [1.82, 2.24) is 9.97 Å². The van der Waals surface area contributed by atoms with Crippen molar-refractivity contribution in [3.05, 3.63) is 48.0 Å². The number of aryl methyl sites for hydroxylation is 1. The first-order chi connectivity index (χ1) is 9.69. The van der Waals surface area contributed by atoms with Gasteiger partial charge in [0.25, 0.3) is 0 Å². The second-order valence-corrected chi connectivity index (χ2v) is 4.58. The van der Waals surface area contributed by atoms with Gasteiger partial charge in [-0.2, -0.15) is 4.98 Å². The maximum Gasteiger partial charge on any atom is 0.222 e. The highest BCUT2D eigenvalue weighted by Crippen LogP contribution is 2.30. The van der Waals surface area contributed by atoms with Gasteiger partial charge >= 0.3 is 0 Å². The largest absolute Gasteiger partial charge is 0.496 e. The van der Waals surface area contributed by atoms with E-state index in [2.05, 4.69) is 9.97 Å². The molecule has 0 aliphatic heterocycles. The van der Waals surface area contributed by atoms with Crippen LogP contribution in [0, 0.1) is 6.92 Å². The summed E-state index contributed by atoms with van der Waals surface area (Å²) in [6, 6.07) is 13.2. The fraction of sp³-hybridized carbons (Fsp3) is 0.125. The maximum absolute atomic E-state index is 10.1. The molecule has 4 heteroatoms. The van der Waals surface area contributed by atoms with Crippen LogP contribution < -0.4 is 4.74 Å². The van der Waals surface area contributed by atoms with Crippen LogP contribution in [0.15, 0.2) is 42.5 Å². The van der Waals surface area contributed by atoms with Gasteiger partial charge in [0, 0.05) is 11.6 Å². The first-order valence-corrected chi connectivity index (χ1v) is 6.30. The lowest BCUT2D eigenvalue weighted by molar-refractivity contribution is 0.412. The third-order valence-electron chi connectivity index (χ3n) is 3.22. The molecule has 1 aromatic heterocycles. The molecule has 0 atom stereocenters. The predicted octanol–water partition coefficient (Wildman–Crippen LogP) is 3.32. The number of fused-ring (bicyclic) bond motifs is 1. The lowest BCUT2D eigenvalue weighted by atomic mass is 10.1. The molecule has 4 nitrogen and oxygen atoms in total. The van der Waals surface area contributed by atoms with Gasteiger partial charge in [-0.3, -0.25) is 0 Å². The number of nitrogens with zero attached hydrogens (tertiary/aromatic N) is 2. The van der Waals surface area contributed by atoms with E-state index in [1.165, 1.54) is 0 Å². The molecule has 0 unspecified atom stereocenters. The molecule has 3 rings (SSSR count). The van der Waals surface area contributed by atoms with Crippen LogP contribution in [0.4, 0.5) is 0 Å². The fourth-order valence-corrected chi connectivity index (χ4v) is 2.18. The van der Waals surface area contributed by atoms with E-state index in [0.717, 1.165) is 16.9 Å². The minimum atomic E-state index is -0.0143. The summed E-state index contributed by atoms with van der Waals surface area (Å²) in [6.07, 6.45) is 0. The Bertz CT molecular complexity index is 770. The summed E-state index contributed by atoms with van der Waals surface area (Å²) in [5.74, 6) is 1.23. The molecule has 3 aromatic rings. The van der Waals surface area contributed by atoms with Gasteiger partial charge in [-0.25, -0.2) is 4.98 Å². The first kappa shape index (κ1) is 12.4. The maximum atomic E-state index is 10.1. The minimum absolute atomic E-state index is 0.0143. The quantitative estimate of drug-likeness (QED) is 0.773. The summed E-state index contributed by atoms with van der Waals surface area (Å²) in [6.45, 7) is 1.92. The molecule has 0 saturated heterocycles. The highest BCUT2D eigenvalue weighted by atomic mass is 16.5. The average Bonchev–Trinajstić information content (AvgIpc) is 2.48. The summed E-state index contributed by atoms with van der Waals surface area (Å²) in [5, 5.41) is 10.7. The molecule has 0 radical (unpaired) electrons. The van der Waals surface area contributed by atoms with E-state index in [0.29, 0.717) is 16.7 Å². The number of ether oxygens (including phenoxy) is 1. The molecule has 0 fully saturated rings. The highest BCUT2D eigenvalue weighted by molar-refractivity contribution is 5.87. The summed E-state index contributed by atoms with van der Waals surface area (Å²) < 4.78 is 5.30. The predicted molar refractivity (Wildman–Crippen MR) is 77.9 cm³/mol. The third-order valence-corrected chi connectivity index (χ3v) is 3.22. The van der Waals surface area contributed by atoms with Crippen LogP contribution in [0.5, 0.6) is 11.6 Å². The Balaban J connectivity index is 2.25. The lowest BCUT2D eigenvalue weighted by Gasteiger charge is -2.09. The summed E-state index contributed by atoms with van der Waals surface area (Å²) >= 11 is 0. The summed E-state index contributed by atoms with van der Waals surface area (Å²) in [4.78, 5) is 8.68. The molecule has 2 aromatic carbocycles. The van der Waals surface area contributed by atoms with Crippen molar-refractivity contribution in [2.24, 2.45) is 0 Å². The second-order valence-electron chi connectivity index (χ2n) is 4.58. The van der Waals surface area contributed by atoms with E-state index in [4.69, 9.17) is 4.74 Å². The van der Waals surface area contributed by atoms with Gasteiger partial charge in [-0.05, 0) is 18.6 Å². The first-order valence-electron chi connectivity index (χ1n) is 6.30. The molecule has 0 bridgehead atoms. The highest BCUT2D eigenvalue weighted by Gasteiger charge is 2.11. The van der Waals surface area contributed by atoms with Crippen molar-refractivity contribution >= 4 is 10.9 Å². The molecule has 1 heterocycles. The summed E-state index contributed by atoms with van der Waals surface area (Å²) in [7, 11) is 1.62. The molecular weight excluding hydrogens is 252 g/mol. The Morgan fingerprint density at radius 1 is 1.05 bits per heavy atom. The van der Waals surface area contributed by atoms with Crippen LogP contribution in [-0.2, 0) is 0 Å². The number of aromatic nitrogens is 2. The van der Waals surface area contributed by atoms with Gasteiger partial charge in [-0.15, -0.1) is 0 Å². The van der Waals surface area contributed by atoms with Gasteiger partial charge < -0.3 is 9.84 Å². The van der Waals surface area contributed by atoms with Crippen molar-refractivity contribution in [3.8, 4) is 23.0 Å². The Kier molecular flexibility index (Phi) is 2.99. The van der Waals surface area contributed by atoms with Gasteiger partial charge in [0.1, 0.15) is 5.75 Å². The number of aromatic hydroxyl groups is 1. The number of rotatable bonds is 2. The van der Waals surface area contributed by atoms with Crippen LogP contribution in [0.2, 0.25) is 0 Å². The van der Waals surface area contributed by atoms with Crippen molar-refractivity contribution in [3.63, 3.8) is 0 Å². The van der Waals surface area contributed by atoms with E-state index in [1.807, 2.05) is 49.4 Å². The van der Waals surface area contributed by atoms with Crippen LogP contribution in [-0.4, -0.2) is 22.2 Å². The molecule has 20 heavy (non-hydrogen) atoms. The van der Waals surface area contributed by atoms with Gasteiger partial charge in [-0.1, -0.05) is 30.3 Å². The molecule has 0 aliphatic carbocycles. The van der Waals surface area contributed by atoms with Gasteiger partial charge in [0.05, 0.1) is 18.0 Å². The normalized spacial score (nSPS) is 10.7. The smallest absolute Gasteiger partial charge is 0.222 e.